The highest BCUT2D eigenvalue weighted by Crippen LogP contribution is 2.42. The molecule has 18 heavy (non-hydrogen) atoms. The fourth-order valence-electron chi connectivity index (χ4n) is 2.75. The minimum absolute atomic E-state index is 0.339. The SMILES string of the molecule is CC1(C)OCC2(CO1)Cc1ccccc1C2=NO. The molecule has 96 valence electrons. The molecule has 1 aliphatic carbocycles. The molecule has 1 aromatic carbocycles. The van der Waals surface area contributed by atoms with Gasteiger partial charge in [0.1, 0.15) is 0 Å². The van der Waals surface area contributed by atoms with Gasteiger partial charge in [0, 0.05) is 5.56 Å². The van der Waals surface area contributed by atoms with Gasteiger partial charge in [-0.15, -0.1) is 0 Å². The normalized spacial score (nSPS) is 26.4. The third kappa shape index (κ3) is 1.64. The first-order valence-electron chi connectivity index (χ1n) is 6.15. The van der Waals surface area contributed by atoms with Gasteiger partial charge in [0.25, 0.3) is 0 Å². The van der Waals surface area contributed by atoms with E-state index >= 15 is 0 Å². The van der Waals surface area contributed by atoms with Gasteiger partial charge in [-0.05, 0) is 25.8 Å². The second-order valence-electron chi connectivity index (χ2n) is 5.54. The average molecular weight is 247 g/mol. The van der Waals surface area contributed by atoms with Crippen LogP contribution in [0.5, 0.6) is 0 Å². The minimum Gasteiger partial charge on any atom is -0.411 e. The predicted octanol–water partition coefficient (Wildman–Crippen LogP) is 2.19. The number of nitrogens with zero attached hydrogens (tertiary/aromatic N) is 1. The van der Waals surface area contributed by atoms with Gasteiger partial charge in [0.2, 0.25) is 0 Å². The summed E-state index contributed by atoms with van der Waals surface area (Å²) in [4.78, 5) is 0. The van der Waals surface area contributed by atoms with Crippen LogP contribution in [0.4, 0.5) is 0 Å². The van der Waals surface area contributed by atoms with E-state index < -0.39 is 5.79 Å². The molecule has 0 radical (unpaired) electrons. The summed E-state index contributed by atoms with van der Waals surface area (Å²) >= 11 is 0. The number of fused-ring (bicyclic) bond motifs is 1. The van der Waals surface area contributed by atoms with E-state index in [1.165, 1.54) is 5.56 Å². The van der Waals surface area contributed by atoms with E-state index in [-0.39, 0.29) is 5.41 Å². The molecule has 4 heteroatoms. The first-order chi connectivity index (χ1) is 8.56. The van der Waals surface area contributed by atoms with E-state index in [2.05, 4.69) is 11.2 Å². The third-order valence-electron chi connectivity index (χ3n) is 3.80. The van der Waals surface area contributed by atoms with Crippen LogP contribution in [0.1, 0.15) is 25.0 Å². The van der Waals surface area contributed by atoms with Gasteiger partial charge < -0.3 is 14.7 Å². The smallest absolute Gasteiger partial charge is 0.162 e. The quantitative estimate of drug-likeness (QED) is 0.564. The summed E-state index contributed by atoms with van der Waals surface area (Å²) in [5.41, 5.74) is 2.55. The van der Waals surface area contributed by atoms with Crippen molar-refractivity contribution < 1.29 is 14.7 Å². The van der Waals surface area contributed by atoms with E-state index in [9.17, 15) is 5.21 Å². The first kappa shape index (κ1) is 11.7. The number of benzene rings is 1. The van der Waals surface area contributed by atoms with Crippen molar-refractivity contribution in [3.63, 3.8) is 0 Å². The number of rotatable bonds is 0. The maximum atomic E-state index is 9.34. The molecule has 1 fully saturated rings. The van der Waals surface area contributed by atoms with Gasteiger partial charge >= 0.3 is 0 Å². The molecule has 1 spiro atoms. The molecule has 1 N–H and O–H groups in total. The zero-order valence-corrected chi connectivity index (χ0v) is 10.6. The van der Waals surface area contributed by atoms with Gasteiger partial charge in [-0.3, -0.25) is 0 Å². The van der Waals surface area contributed by atoms with E-state index in [1.54, 1.807) is 0 Å². The molecule has 0 amide bonds. The Balaban J connectivity index is 1.97. The maximum Gasteiger partial charge on any atom is 0.162 e. The summed E-state index contributed by atoms with van der Waals surface area (Å²) in [5, 5.41) is 12.8. The second-order valence-corrected chi connectivity index (χ2v) is 5.54. The van der Waals surface area contributed by atoms with Crippen molar-refractivity contribution in [3.8, 4) is 0 Å². The van der Waals surface area contributed by atoms with E-state index in [1.807, 2.05) is 32.0 Å². The lowest BCUT2D eigenvalue weighted by Gasteiger charge is -2.41. The van der Waals surface area contributed by atoms with Crippen LogP contribution in [0.25, 0.3) is 0 Å². The largest absolute Gasteiger partial charge is 0.411 e. The van der Waals surface area contributed by atoms with Crippen LogP contribution >= 0.6 is 0 Å². The number of hydrogen-bond donors (Lipinski definition) is 1. The van der Waals surface area contributed by atoms with Crippen LogP contribution in [0.15, 0.2) is 29.4 Å². The number of ether oxygens (including phenoxy) is 2. The minimum atomic E-state index is -0.555. The molecule has 0 saturated carbocycles. The number of oxime groups is 1. The Hall–Kier alpha value is -1.39. The van der Waals surface area contributed by atoms with Crippen molar-refractivity contribution in [2.45, 2.75) is 26.1 Å². The van der Waals surface area contributed by atoms with Crippen molar-refractivity contribution in [2.75, 3.05) is 13.2 Å². The molecule has 1 aromatic rings. The summed E-state index contributed by atoms with van der Waals surface area (Å²) in [6.45, 7) is 4.84. The lowest BCUT2D eigenvalue weighted by atomic mass is 9.84. The van der Waals surface area contributed by atoms with Gasteiger partial charge in [-0.25, -0.2) is 0 Å². The fraction of sp³-hybridized carbons (Fsp3) is 0.500. The van der Waals surface area contributed by atoms with Crippen LogP contribution in [0, 0.1) is 5.41 Å². The van der Waals surface area contributed by atoms with Gasteiger partial charge in [-0.1, -0.05) is 29.4 Å². The fourth-order valence-corrected chi connectivity index (χ4v) is 2.75. The molecule has 1 saturated heterocycles. The molecule has 2 aliphatic rings. The van der Waals surface area contributed by atoms with Crippen LogP contribution in [-0.4, -0.2) is 29.9 Å². The van der Waals surface area contributed by atoms with Crippen LogP contribution in [-0.2, 0) is 15.9 Å². The number of hydrogen-bond acceptors (Lipinski definition) is 4. The zero-order valence-electron chi connectivity index (χ0n) is 10.6. The molecule has 0 aromatic heterocycles. The molecular formula is C14H17NO3. The van der Waals surface area contributed by atoms with E-state index in [0.29, 0.717) is 18.9 Å². The lowest BCUT2D eigenvalue weighted by molar-refractivity contribution is -0.272. The summed E-state index contributed by atoms with van der Waals surface area (Å²) in [5.74, 6) is -0.555. The van der Waals surface area contributed by atoms with Crippen molar-refractivity contribution in [2.24, 2.45) is 10.6 Å². The van der Waals surface area contributed by atoms with Crippen LogP contribution in [0.3, 0.4) is 0 Å². The van der Waals surface area contributed by atoms with E-state index in [4.69, 9.17) is 9.47 Å². The van der Waals surface area contributed by atoms with Crippen molar-refractivity contribution in [3.05, 3.63) is 35.4 Å². The summed E-state index contributed by atoms with van der Waals surface area (Å²) < 4.78 is 11.5. The van der Waals surface area contributed by atoms with Crippen molar-refractivity contribution in [1.82, 2.24) is 0 Å². The highest BCUT2D eigenvalue weighted by Gasteiger charge is 2.49. The van der Waals surface area contributed by atoms with Gasteiger partial charge in [0.05, 0.1) is 24.3 Å². The average Bonchev–Trinajstić information content (AvgIpc) is 2.67. The highest BCUT2D eigenvalue weighted by molar-refractivity contribution is 6.08. The Morgan fingerprint density at radius 2 is 1.83 bits per heavy atom. The second kappa shape index (κ2) is 3.80. The summed E-state index contributed by atoms with van der Waals surface area (Å²) in [7, 11) is 0. The Labute approximate surface area is 106 Å². The van der Waals surface area contributed by atoms with Crippen molar-refractivity contribution >= 4 is 5.71 Å². The Bertz CT molecular complexity index is 498. The lowest BCUT2D eigenvalue weighted by Crippen LogP contribution is -2.49. The van der Waals surface area contributed by atoms with Crippen molar-refractivity contribution in [1.29, 1.82) is 0 Å². The monoisotopic (exact) mass is 247 g/mol. The Morgan fingerprint density at radius 3 is 2.50 bits per heavy atom. The predicted molar refractivity (Wildman–Crippen MR) is 66.9 cm³/mol. The highest BCUT2D eigenvalue weighted by atomic mass is 16.7. The molecule has 3 rings (SSSR count). The summed E-state index contributed by atoms with van der Waals surface area (Å²) in [6, 6.07) is 8.01. The van der Waals surface area contributed by atoms with Gasteiger partial charge in [0.15, 0.2) is 5.79 Å². The molecular weight excluding hydrogens is 230 g/mol. The van der Waals surface area contributed by atoms with E-state index in [0.717, 1.165) is 12.0 Å². The Morgan fingerprint density at radius 1 is 1.17 bits per heavy atom. The molecule has 1 heterocycles. The Kier molecular flexibility index (Phi) is 2.47. The summed E-state index contributed by atoms with van der Waals surface area (Å²) in [6.07, 6.45) is 0.804. The first-order valence-corrected chi connectivity index (χ1v) is 6.15. The van der Waals surface area contributed by atoms with Gasteiger partial charge in [-0.2, -0.15) is 0 Å². The third-order valence-corrected chi connectivity index (χ3v) is 3.80. The zero-order chi connectivity index (χ0) is 12.8. The molecule has 0 atom stereocenters. The molecule has 1 aliphatic heterocycles. The van der Waals surface area contributed by atoms with Crippen LogP contribution < -0.4 is 0 Å². The molecule has 0 bridgehead atoms. The van der Waals surface area contributed by atoms with Crippen LogP contribution in [0.2, 0.25) is 0 Å². The standard InChI is InChI=1S/C14H17NO3/c1-13(2)17-8-14(9-18-13)7-10-5-3-4-6-11(10)12(14)15-16/h3-6,16H,7-9H2,1-2H3. The molecule has 0 unspecified atom stereocenters. The topological polar surface area (TPSA) is 51.0 Å². The molecule has 4 nitrogen and oxygen atoms in total. The maximum absolute atomic E-state index is 9.34.